The van der Waals surface area contributed by atoms with E-state index >= 15 is 0 Å². The van der Waals surface area contributed by atoms with Crippen molar-refractivity contribution in [3.8, 4) is 5.75 Å². The van der Waals surface area contributed by atoms with Crippen LogP contribution >= 0.6 is 47.8 Å². The fourth-order valence-corrected chi connectivity index (χ4v) is 3.37. The molecule has 0 bridgehead atoms. The number of ether oxygens (including phenoxy) is 1. The summed E-state index contributed by atoms with van der Waals surface area (Å²) < 4.78 is 20.9. The Balaban J connectivity index is 2.36. The van der Waals surface area contributed by atoms with Crippen molar-refractivity contribution in [2.75, 3.05) is 6.61 Å². The van der Waals surface area contributed by atoms with E-state index < -0.39 is 0 Å². The molecule has 2 aromatic carbocycles. The van der Waals surface area contributed by atoms with Crippen LogP contribution in [0.2, 0.25) is 0 Å². The number of benzene rings is 2. The summed E-state index contributed by atoms with van der Waals surface area (Å²) in [5.74, 6) is 0.532. The third kappa shape index (κ3) is 3.43. The molecular weight excluding hydrogens is 455 g/mol. The van der Waals surface area contributed by atoms with Gasteiger partial charge in [-0.05, 0) is 62.5 Å². The lowest BCUT2D eigenvalue weighted by Gasteiger charge is -2.14. The summed E-state index contributed by atoms with van der Waals surface area (Å²) in [5, 5.41) is 0. The summed E-state index contributed by atoms with van der Waals surface area (Å²) in [6.07, 6.45) is 0. The second-order valence-corrected chi connectivity index (χ2v) is 6.75. The third-order valence-corrected chi connectivity index (χ3v) is 5.06. The molecule has 0 fully saturated rings. The van der Waals surface area contributed by atoms with Crippen molar-refractivity contribution in [1.29, 1.82) is 0 Å². The van der Waals surface area contributed by atoms with Gasteiger partial charge in [0.15, 0.2) is 0 Å². The highest BCUT2D eigenvalue weighted by Gasteiger charge is 2.17. The molecule has 5 heteroatoms. The van der Waals surface area contributed by atoms with Gasteiger partial charge in [0, 0.05) is 5.56 Å². The van der Waals surface area contributed by atoms with Crippen molar-refractivity contribution in [3.63, 3.8) is 0 Å². The molecular formula is C15H12Br3FO. The second-order valence-electron chi connectivity index (χ2n) is 4.13. The first-order valence-corrected chi connectivity index (χ1v) is 8.55. The van der Waals surface area contributed by atoms with Crippen LogP contribution in [0.3, 0.4) is 0 Å². The Bertz CT molecular complexity index is 616. The van der Waals surface area contributed by atoms with Crippen molar-refractivity contribution in [2.45, 2.75) is 11.8 Å². The van der Waals surface area contributed by atoms with E-state index in [1.165, 1.54) is 0 Å². The van der Waals surface area contributed by atoms with Gasteiger partial charge < -0.3 is 4.74 Å². The van der Waals surface area contributed by atoms with Gasteiger partial charge in [0.2, 0.25) is 0 Å². The van der Waals surface area contributed by atoms with Crippen molar-refractivity contribution in [2.24, 2.45) is 0 Å². The zero-order valence-corrected chi connectivity index (χ0v) is 15.4. The minimum Gasteiger partial charge on any atom is -0.493 e. The zero-order valence-electron chi connectivity index (χ0n) is 10.7. The van der Waals surface area contributed by atoms with Crippen LogP contribution in [0.1, 0.15) is 22.9 Å². The van der Waals surface area contributed by atoms with Crippen LogP contribution in [0.25, 0.3) is 0 Å². The molecule has 2 aromatic rings. The average molecular weight is 467 g/mol. The summed E-state index contributed by atoms with van der Waals surface area (Å²) in [4.78, 5) is -0.216. The molecule has 1 unspecified atom stereocenters. The predicted molar refractivity (Wildman–Crippen MR) is 90.2 cm³/mol. The number of alkyl halides is 1. The van der Waals surface area contributed by atoms with Crippen molar-refractivity contribution < 1.29 is 9.13 Å². The normalized spacial score (nSPS) is 12.2. The van der Waals surface area contributed by atoms with E-state index in [2.05, 4.69) is 47.8 Å². The fourth-order valence-electron chi connectivity index (χ4n) is 1.84. The van der Waals surface area contributed by atoms with Crippen LogP contribution in [0, 0.1) is 5.82 Å². The van der Waals surface area contributed by atoms with Crippen LogP contribution in [0.5, 0.6) is 5.75 Å². The Morgan fingerprint density at radius 3 is 2.55 bits per heavy atom. The van der Waals surface area contributed by atoms with Crippen LogP contribution in [-0.2, 0) is 0 Å². The third-order valence-electron chi connectivity index (χ3n) is 2.80. The van der Waals surface area contributed by atoms with E-state index in [1.807, 2.05) is 31.2 Å². The van der Waals surface area contributed by atoms with Gasteiger partial charge in [-0.25, -0.2) is 4.39 Å². The van der Waals surface area contributed by atoms with Gasteiger partial charge in [-0.2, -0.15) is 0 Å². The van der Waals surface area contributed by atoms with Crippen LogP contribution in [0.4, 0.5) is 4.39 Å². The van der Waals surface area contributed by atoms with E-state index in [-0.39, 0.29) is 10.6 Å². The summed E-state index contributed by atoms with van der Waals surface area (Å²) in [6.45, 7) is 2.54. The fraction of sp³-hybridized carbons (Fsp3) is 0.200. The molecule has 1 nitrogen and oxygen atoms in total. The molecule has 0 aromatic heterocycles. The molecule has 0 amide bonds. The van der Waals surface area contributed by atoms with E-state index in [4.69, 9.17) is 4.74 Å². The van der Waals surface area contributed by atoms with Gasteiger partial charge in [0.25, 0.3) is 0 Å². The Kier molecular flexibility index (Phi) is 5.64. The largest absolute Gasteiger partial charge is 0.493 e. The van der Waals surface area contributed by atoms with Crippen LogP contribution in [-0.4, -0.2) is 6.61 Å². The molecule has 2 rings (SSSR count). The maximum Gasteiger partial charge on any atom is 0.142 e. The Labute approximate surface area is 142 Å². The summed E-state index contributed by atoms with van der Waals surface area (Å²) in [6, 6.07) is 11.0. The zero-order chi connectivity index (χ0) is 14.7. The maximum atomic E-state index is 14.1. The van der Waals surface area contributed by atoms with Crippen molar-refractivity contribution >= 4 is 47.8 Å². The van der Waals surface area contributed by atoms with Gasteiger partial charge >= 0.3 is 0 Å². The maximum absolute atomic E-state index is 14.1. The van der Waals surface area contributed by atoms with Gasteiger partial charge in [-0.1, -0.05) is 34.1 Å². The molecule has 0 saturated heterocycles. The summed E-state index contributed by atoms with van der Waals surface area (Å²) in [5.41, 5.74) is 1.55. The first-order valence-electron chi connectivity index (χ1n) is 6.04. The predicted octanol–water partition coefficient (Wildman–Crippen LogP) is 6.23. The average Bonchev–Trinajstić information content (AvgIpc) is 2.43. The number of rotatable bonds is 4. The molecule has 0 N–H and O–H groups in total. The quantitative estimate of drug-likeness (QED) is 0.485. The highest BCUT2D eigenvalue weighted by Crippen LogP contribution is 2.37. The molecule has 20 heavy (non-hydrogen) atoms. The first kappa shape index (κ1) is 16.0. The summed E-state index contributed by atoms with van der Waals surface area (Å²) >= 11 is 10.2. The van der Waals surface area contributed by atoms with Crippen LogP contribution < -0.4 is 4.74 Å². The van der Waals surface area contributed by atoms with Crippen molar-refractivity contribution in [3.05, 3.63) is 62.3 Å². The van der Waals surface area contributed by atoms with E-state index in [0.29, 0.717) is 16.6 Å². The van der Waals surface area contributed by atoms with E-state index in [1.54, 1.807) is 12.1 Å². The monoisotopic (exact) mass is 464 g/mol. The molecule has 0 aliphatic heterocycles. The molecule has 0 radical (unpaired) electrons. The molecule has 0 heterocycles. The number of halogens is 4. The van der Waals surface area contributed by atoms with Gasteiger partial charge in [0.1, 0.15) is 11.6 Å². The molecule has 0 aliphatic carbocycles. The Morgan fingerprint density at radius 2 is 1.90 bits per heavy atom. The smallest absolute Gasteiger partial charge is 0.142 e. The highest BCUT2D eigenvalue weighted by atomic mass is 79.9. The molecule has 0 spiro atoms. The lowest BCUT2D eigenvalue weighted by Crippen LogP contribution is -1.99. The first-order chi connectivity index (χ1) is 9.54. The molecule has 0 saturated carbocycles. The van der Waals surface area contributed by atoms with Crippen LogP contribution in [0.15, 0.2) is 45.3 Å². The molecule has 106 valence electrons. The number of hydrogen-bond acceptors (Lipinski definition) is 1. The lowest BCUT2D eigenvalue weighted by molar-refractivity contribution is 0.338. The van der Waals surface area contributed by atoms with Gasteiger partial charge in [0.05, 0.1) is 20.4 Å². The van der Waals surface area contributed by atoms with Gasteiger partial charge in [-0.15, -0.1) is 0 Å². The van der Waals surface area contributed by atoms with Crippen molar-refractivity contribution in [1.82, 2.24) is 0 Å². The summed E-state index contributed by atoms with van der Waals surface area (Å²) in [7, 11) is 0. The van der Waals surface area contributed by atoms with E-state index in [9.17, 15) is 4.39 Å². The van der Waals surface area contributed by atoms with E-state index in [0.717, 1.165) is 15.8 Å². The Hall–Kier alpha value is -0.390. The van der Waals surface area contributed by atoms with Gasteiger partial charge in [-0.3, -0.25) is 0 Å². The topological polar surface area (TPSA) is 9.23 Å². The Morgan fingerprint density at radius 1 is 1.15 bits per heavy atom. The SMILES string of the molecule is CCOc1ccc(C(Br)c2cccc(Br)c2F)cc1Br. The molecule has 0 aliphatic rings. The minimum absolute atomic E-state index is 0.216. The lowest BCUT2D eigenvalue weighted by atomic mass is 10.0. The molecule has 1 atom stereocenters. The second kappa shape index (κ2) is 7.05. The number of hydrogen-bond donors (Lipinski definition) is 0. The highest BCUT2D eigenvalue weighted by molar-refractivity contribution is 9.11. The standard InChI is InChI=1S/C15H12Br3FO/c1-2-20-13-7-6-9(8-12(13)17)14(18)10-4-3-5-11(16)15(10)19/h3-8,14H,2H2,1H3. The minimum atomic E-state index is -0.251.